The van der Waals surface area contributed by atoms with E-state index >= 15 is 0 Å². The monoisotopic (exact) mass is 430 g/mol. The third-order valence-electron chi connectivity index (χ3n) is 6.02. The molecule has 2 aromatic rings. The number of nitrogens with one attached hydrogen (secondary N) is 1. The molecule has 2 aromatic carbocycles. The maximum absolute atomic E-state index is 13.7. The molecule has 2 aliphatic rings. The van der Waals surface area contributed by atoms with E-state index in [1.54, 1.807) is 6.07 Å². The average Bonchev–Trinajstić information content (AvgIpc) is 3.51. The zero-order chi connectivity index (χ0) is 21.3. The van der Waals surface area contributed by atoms with Crippen LogP contribution < -0.4 is 4.72 Å². The molecule has 0 aromatic heterocycles. The second-order valence-corrected chi connectivity index (χ2v) is 10.2. The van der Waals surface area contributed by atoms with Crippen LogP contribution in [-0.2, 0) is 14.8 Å². The SMILES string of the molecule is CS(=O)(=O)NC1CCCN(C(=O)C2CC2c2ccccc2-c2cccc(F)c2)CC1. The highest BCUT2D eigenvalue weighted by Crippen LogP contribution is 2.51. The average molecular weight is 431 g/mol. The predicted octanol–water partition coefficient (Wildman–Crippen LogP) is 3.53. The van der Waals surface area contributed by atoms with Crippen molar-refractivity contribution in [2.24, 2.45) is 5.92 Å². The van der Waals surface area contributed by atoms with Gasteiger partial charge in [-0.05, 0) is 60.4 Å². The lowest BCUT2D eigenvalue weighted by Crippen LogP contribution is -2.36. The first-order valence-corrected chi connectivity index (χ1v) is 12.3. The number of benzene rings is 2. The van der Waals surface area contributed by atoms with Gasteiger partial charge in [-0.2, -0.15) is 0 Å². The molecule has 160 valence electrons. The maximum Gasteiger partial charge on any atom is 0.226 e. The van der Waals surface area contributed by atoms with E-state index in [4.69, 9.17) is 0 Å². The molecule has 1 saturated carbocycles. The van der Waals surface area contributed by atoms with Gasteiger partial charge in [-0.15, -0.1) is 0 Å². The van der Waals surface area contributed by atoms with Gasteiger partial charge in [0.15, 0.2) is 0 Å². The van der Waals surface area contributed by atoms with Gasteiger partial charge in [0.25, 0.3) is 0 Å². The van der Waals surface area contributed by atoms with Crippen molar-refractivity contribution in [1.82, 2.24) is 9.62 Å². The molecule has 1 heterocycles. The van der Waals surface area contributed by atoms with Crippen molar-refractivity contribution in [2.75, 3.05) is 19.3 Å². The van der Waals surface area contributed by atoms with Gasteiger partial charge in [0.05, 0.1) is 6.26 Å². The third kappa shape index (κ3) is 4.90. The number of halogens is 1. The van der Waals surface area contributed by atoms with Gasteiger partial charge in [-0.1, -0.05) is 36.4 Å². The van der Waals surface area contributed by atoms with E-state index in [1.165, 1.54) is 18.4 Å². The summed E-state index contributed by atoms with van der Waals surface area (Å²) in [7, 11) is -3.24. The zero-order valence-electron chi connectivity index (χ0n) is 17.1. The third-order valence-corrected chi connectivity index (χ3v) is 6.79. The van der Waals surface area contributed by atoms with Crippen LogP contribution in [0.1, 0.15) is 37.2 Å². The van der Waals surface area contributed by atoms with Crippen molar-refractivity contribution in [3.8, 4) is 11.1 Å². The van der Waals surface area contributed by atoms with E-state index in [0.717, 1.165) is 36.0 Å². The fraction of sp³-hybridized carbons (Fsp3) is 0.435. The van der Waals surface area contributed by atoms with Crippen molar-refractivity contribution in [1.29, 1.82) is 0 Å². The molecule has 1 N–H and O–H groups in total. The van der Waals surface area contributed by atoms with Crippen LogP contribution in [0.4, 0.5) is 4.39 Å². The smallest absolute Gasteiger partial charge is 0.226 e. The van der Waals surface area contributed by atoms with Crippen LogP contribution in [0, 0.1) is 11.7 Å². The number of hydrogen-bond donors (Lipinski definition) is 1. The van der Waals surface area contributed by atoms with E-state index in [2.05, 4.69) is 4.72 Å². The summed E-state index contributed by atoms with van der Waals surface area (Å²) in [6, 6.07) is 14.4. The molecule has 2 fully saturated rings. The van der Waals surface area contributed by atoms with E-state index < -0.39 is 10.0 Å². The number of sulfonamides is 1. The highest BCUT2D eigenvalue weighted by molar-refractivity contribution is 7.88. The van der Waals surface area contributed by atoms with E-state index in [1.807, 2.05) is 35.2 Å². The Hall–Kier alpha value is -2.25. The van der Waals surface area contributed by atoms with Crippen LogP contribution >= 0.6 is 0 Å². The van der Waals surface area contributed by atoms with Crippen molar-refractivity contribution in [2.45, 2.75) is 37.6 Å². The minimum absolute atomic E-state index is 0.0564. The number of carbonyl (C=O) groups excluding carboxylic acids is 1. The Labute approximate surface area is 177 Å². The van der Waals surface area contributed by atoms with Gasteiger partial charge in [-0.25, -0.2) is 17.5 Å². The second kappa shape index (κ2) is 8.47. The van der Waals surface area contributed by atoms with Crippen LogP contribution in [0.2, 0.25) is 0 Å². The number of hydrogen-bond acceptors (Lipinski definition) is 3. The lowest BCUT2D eigenvalue weighted by molar-refractivity contribution is -0.132. The lowest BCUT2D eigenvalue weighted by Gasteiger charge is -2.21. The molecule has 1 amide bonds. The van der Waals surface area contributed by atoms with Crippen molar-refractivity contribution in [3.63, 3.8) is 0 Å². The minimum Gasteiger partial charge on any atom is -0.342 e. The number of likely N-dealkylation sites (tertiary alicyclic amines) is 1. The van der Waals surface area contributed by atoms with Crippen molar-refractivity contribution < 1.29 is 17.6 Å². The van der Waals surface area contributed by atoms with Crippen molar-refractivity contribution in [3.05, 3.63) is 59.9 Å². The summed E-state index contributed by atoms with van der Waals surface area (Å²) in [4.78, 5) is 15.0. The molecule has 3 atom stereocenters. The molecule has 3 unspecified atom stereocenters. The van der Waals surface area contributed by atoms with Gasteiger partial charge in [0, 0.05) is 25.0 Å². The van der Waals surface area contributed by atoms with Gasteiger partial charge in [0.2, 0.25) is 15.9 Å². The molecule has 0 bridgehead atoms. The predicted molar refractivity (Wildman–Crippen MR) is 115 cm³/mol. The zero-order valence-corrected chi connectivity index (χ0v) is 17.9. The molecule has 5 nitrogen and oxygen atoms in total. The standard InChI is InChI=1S/C23H27FN2O3S/c1-30(28,29)25-18-8-5-12-26(13-11-18)23(27)22-15-21(22)20-10-3-2-9-19(20)16-6-4-7-17(24)14-16/h2-4,6-7,9-10,14,18,21-22,25H,5,8,11-13,15H2,1H3. The molecule has 30 heavy (non-hydrogen) atoms. The van der Waals surface area contributed by atoms with E-state index in [9.17, 15) is 17.6 Å². The largest absolute Gasteiger partial charge is 0.342 e. The summed E-state index contributed by atoms with van der Waals surface area (Å²) in [6.07, 6.45) is 4.14. The molecule has 7 heteroatoms. The quantitative estimate of drug-likeness (QED) is 0.789. The molecule has 1 saturated heterocycles. The molecule has 1 aliphatic carbocycles. The van der Waals surface area contributed by atoms with E-state index in [-0.39, 0.29) is 29.6 Å². The Morgan fingerprint density at radius 3 is 2.67 bits per heavy atom. The first-order chi connectivity index (χ1) is 14.3. The normalized spacial score (nSPS) is 24.3. The fourth-order valence-corrected chi connectivity index (χ4v) is 5.36. The van der Waals surface area contributed by atoms with E-state index in [0.29, 0.717) is 19.5 Å². The number of amides is 1. The highest BCUT2D eigenvalue weighted by atomic mass is 32.2. The Morgan fingerprint density at radius 2 is 1.90 bits per heavy atom. The summed E-state index contributed by atoms with van der Waals surface area (Å²) in [5, 5.41) is 0. The summed E-state index contributed by atoms with van der Waals surface area (Å²) in [5.74, 6) is -0.0362. The first kappa shape index (κ1) is 21.0. The van der Waals surface area contributed by atoms with Gasteiger partial charge < -0.3 is 4.90 Å². The Bertz CT molecular complexity index is 1040. The molecule has 0 spiro atoms. The lowest BCUT2D eigenvalue weighted by atomic mass is 9.96. The Kier molecular flexibility index (Phi) is 5.93. The number of nitrogens with zero attached hydrogens (tertiary/aromatic N) is 1. The second-order valence-electron chi connectivity index (χ2n) is 8.39. The maximum atomic E-state index is 13.7. The Morgan fingerprint density at radius 1 is 1.10 bits per heavy atom. The topological polar surface area (TPSA) is 66.5 Å². The van der Waals surface area contributed by atoms with Crippen LogP contribution in [0.3, 0.4) is 0 Å². The summed E-state index contributed by atoms with van der Waals surface area (Å²) >= 11 is 0. The van der Waals surface area contributed by atoms with Crippen LogP contribution in [0.5, 0.6) is 0 Å². The molecular weight excluding hydrogens is 403 g/mol. The highest BCUT2D eigenvalue weighted by Gasteiger charge is 2.46. The fourth-order valence-electron chi connectivity index (χ4n) is 4.52. The summed E-state index contributed by atoms with van der Waals surface area (Å²) in [5.41, 5.74) is 2.90. The summed E-state index contributed by atoms with van der Waals surface area (Å²) < 4.78 is 39.4. The number of carbonyl (C=O) groups is 1. The molecule has 1 aliphatic heterocycles. The number of rotatable bonds is 5. The summed E-state index contributed by atoms with van der Waals surface area (Å²) in [6.45, 7) is 1.23. The van der Waals surface area contributed by atoms with Crippen LogP contribution in [0.15, 0.2) is 48.5 Å². The van der Waals surface area contributed by atoms with Gasteiger partial charge in [-0.3, -0.25) is 4.79 Å². The molecule has 0 radical (unpaired) electrons. The van der Waals surface area contributed by atoms with Gasteiger partial charge in [0.1, 0.15) is 5.82 Å². The Balaban J connectivity index is 1.45. The molecule has 4 rings (SSSR count). The molecular formula is C23H27FN2O3S. The minimum atomic E-state index is -3.24. The van der Waals surface area contributed by atoms with Crippen LogP contribution in [-0.4, -0.2) is 44.6 Å². The van der Waals surface area contributed by atoms with Gasteiger partial charge >= 0.3 is 0 Å². The van der Waals surface area contributed by atoms with Crippen LogP contribution in [0.25, 0.3) is 11.1 Å². The first-order valence-electron chi connectivity index (χ1n) is 10.4. The van der Waals surface area contributed by atoms with Crippen molar-refractivity contribution >= 4 is 15.9 Å².